The number of benzene rings is 2. The first kappa shape index (κ1) is 28.3. The van der Waals surface area contributed by atoms with Gasteiger partial charge in [0.2, 0.25) is 0 Å². The Morgan fingerprint density at radius 1 is 1.00 bits per heavy atom. The third-order valence-electron chi connectivity index (χ3n) is 7.25. The van der Waals surface area contributed by atoms with Gasteiger partial charge in [0.15, 0.2) is 0 Å². The minimum Gasteiger partial charge on any atom is -0.373 e. The molecule has 4 aromatic rings. The van der Waals surface area contributed by atoms with Crippen LogP contribution in [0.4, 0.5) is 21.5 Å². The monoisotopic (exact) mass is 623 g/mol. The van der Waals surface area contributed by atoms with Crippen LogP contribution in [-0.2, 0) is 0 Å². The smallest absolute Gasteiger partial charge is 0.141 e. The van der Waals surface area contributed by atoms with E-state index in [0.717, 1.165) is 37.2 Å². The molecule has 42 heavy (non-hydrogen) atoms. The van der Waals surface area contributed by atoms with Crippen molar-refractivity contribution in [2.75, 3.05) is 23.7 Å². The van der Waals surface area contributed by atoms with Crippen molar-refractivity contribution in [1.82, 2.24) is 31.3 Å². The van der Waals surface area contributed by atoms with Gasteiger partial charge in [-0.25, -0.2) is 9.37 Å². The molecule has 0 bridgehead atoms. The number of nitrogens with zero attached hydrogens (tertiary/aromatic N) is 4. The molecule has 0 saturated carbocycles. The summed E-state index contributed by atoms with van der Waals surface area (Å²) in [6, 6.07) is 13.7. The Kier molecular flexibility index (Phi) is 8.20. The minimum absolute atomic E-state index is 0.0406. The average Bonchev–Trinajstić information content (AvgIpc) is 3.49. The summed E-state index contributed by atoms with van der Waals surface area (Å²) in [6.45, 7) is 1.92. The van der Waals surface area contributed by atoms with Crippen LogP contribution in [0.5, 0.6) is 0 Å². The van der Waals surface area contributed by atoms with Gasteiger partial charge in [-0.15, -0.1) is 5.53 Å². The number of hydrazine groups is 2. The predicted octanol–water partition coefficient (Wildman–Crippen LogP) is 6.42. The highest BCUT2D eigenvalue weighted by Gasteiger charge is 2.28. The largest absolute Gasteiger partial charge is 0.373 e. The molecule has 5 N–H and O–H groups in total. The van der Waals surface area contributed by atoms with Crippen LogP contribution >= 0.6 is 34.8 Å². The molecular weight excluding hydrogens is 600 g/mol. The lowest BCUT2D eigenvalue weighted by molar-refractivity contribution is 0.162. The lowest BCUT2D eigenvalue weighted by atomic mass is 10.0. The van der Waals surface area contributed by atoms with E-state index in [4.69, 9.17) is 34.8 Å². The fourth-order valence-electron chi connectivity index (χ4n) is 5.12. The maximum absolute atomic E-state index is 13.8. The standard InChI is InChI=1S/C29H25Cl3FN9/c30-22-10-18(2-3-24(22)33)38-27-17(12-34)14-37-29-21(27)9-19(11-23(29)31)39-28(16-1-4-26(32)36-13-16)25-15-42(41-40-25)20-5-7-35-8-6-20/h1-4,9-11,13-15,20,28,35,39-41H,5-8H2,(H,37,38)/t28-/m0/s1. The van der Waals surface area contributed by atoms with Crippen molar-refractivity contribution >= 4 is 62.8 Å². The Labute approximate surface area is 256 Å². The molecule has 0 spiro atoms. The highest BCUT2D eigenvalue weighted by atomic mass is 35.5. The average molecular weight is 625 g/mol. The maximum Gasteiger partial charge on any atom is 0.141 e. The van der Waals surface area contributed by atoms with E-state index in [0.29, 0.717) is 44.2 Å². The molecule has 2 aromatic carbocycles. The van der Waals surface area contributed by atoms with Gasteiger partial charge in [-0.1, -0.05) is 40.9 Å². The summed E-state index contributed by atoms with van der Waals surface area (Å²) in [5, 5.41) is 23.5. The van der Waals surface area contributed by atoms with Crippen molar-refractivity contribution in [1.29, 1.82) is 5.26 Å². The van der Waals surface area contributed by atoms with Gasteiger partial charge in [0.25, 0.3) is 0 Å². The molecule has 1 saturated heterocycles. The van der Waals surface area contributed by atoms with Gasteiger partial charge in [0, 0.05) is 41.4 Å². The van der Waals surface area contributed by atoms with Crippen LogP contribution in [0.3, 0.4) is 0 Å². The number of nitrogens with one attached hydrogen (secondary N) is 5. The second-order valence-corrected chi connectivity index (χ2v) is 11.2. The Morgan fingerprint density at radius 2 is 1.81 bits per heavy atom. The number of hydrogen-bond donors (Lipinski definition) is 5. The van der Waals surface area contributed by atoms with Gasteiger partial charge in [-0.2, -0.15) is 5.26 Å². The predicted molar refractivity (Wildman–Crippen MR) is 164 cm³/mol. The normalized spacial score (nSPS) is 16.1. The lowest BCUT2D eigenvalue weighted by Gasteiger charge is -2.30. The molecule has 1 atom stereocenters. The summed E-state index contributed by atoms with van der Waals surface area (Å²) in [7, 11) is 0. The lowest BCUT2D eigenvalue weighted by Crippen LogP contribution is -2.47. The topological polar surface area (TPSA) is 113 Å². The zero-order valence-electron chi connectivity index (χ0n) is 22.1. The Bertz CT molecular complexity index is 1700. The first-order chi connectivity index (χ1) is 20.4. The van der Waals surface area contributed by atoms with Crippen molar-refractivity contribution < 1.29 is 4.39 Å². The fourth-order valence-corrected chi connectivity index (χ4v) is 5.68. The number of piperidine rings is 1. The molecule has 0 unspecified atom stereocenters. The number of pyridine rings is 2. The molecule has 6 rings (SSSR count). The van der Waals surface area contributed by atoms with Crippen LogP contribution in [0.2, 0.25) is 15.2 Å². The minimum atomic E-state index is -0.539. The van der Waals surface area contributed by atoms with Crippen molar-refractivity contribution in [3.8, 4) is 6.07 Å². The van der Waals surface area contributed by atoms with Gasteiger partial charge in [0.1, 0.15) is 17.0 Å². The van der Waals surface area contributed by atoms with Crippen molar-refractivity contribution in [2.24, 2.45) is 0 Å². The molecule has 0 radical (unpaired) electrons. The molecule has 0 aliphatic carbocycles. The first-order valence-corrected chi connectivity index (χ1v) is 14.4. The van der Waals surface area contributed by atoms with Gasteiger partial charge in [0.05, 0.1) is 38.6 Å². The maximum atomic E-state index is 13.8. The summed E-state index contributed by atoms with van der Waals surface area (Å²) in [5.74, 6) is -0.539. The van der Waals surface area contributed by atoms with Crippen LogP contribution in [0.1, 0.15) is 30.0 Å². The Balaban J connectivity index is 1.39. The van der Waals surface area contributed by atoms with E-state index in [-0.39, 0.29) is 16.6 Å². The van der Waals surface area contributed by atoms with Crippen molar-refractivity contribution in [2.45, 2.75) is 24.9 Å². The number of nitriles is 1. The number of anilines is 3. The molecule has 9 nitrogen and oxygen atoms in total. The number of hydrogen-bond acceptors (Lipinski definition) is 9. The summed E-state index contributed by atoms with van der Waals surface area (Å²) >= 11 is 18.9. The molecule has 1 fully saturated rings. The van der Waals surface area contributed by atoms with Gasteiger partial charge >= 0.3 is 0 Å². The summed E-state index contributed by atoms with van der Waals surface area (Å²) in [5.41, 5.74) is 10.8. The molecule has 2 aromatic heterocycles. The molecule has 4 heterocycles. The van der Waals surface area contributed by atoms with Gasteiger partial charge < -0.3 is 21.4 Å². The highest BCUT2D eigenvalue weighted by molar-refractivity contribution is 6.36. The van der Waals surface area contributed by atoms with Gasteiger partial charge in [-0.05, 0) is 67.9 Å². The van der Waals surface area contributed by atoms with E-state index in [1.807, 2.05) is 12.1 Å². The molecule has 2 aliphatic heterocycles. The van der Waals surface area contributed by atoms with E-state index in [1.165, 1.54) is 18.3 Å². The molecule has 13 heteroatoms. The van der Waals surface area contributed by atoms with Crippen LogP contribution < -0.4 is 26.9 Å². The van der Waals surface area contributed by atoms with E-state index < -0.39 is 5.82 Å². The fraction of sp³-hybridized carbons (Fsp3) is 0.207. The van der Waals surface area contributed by atoms with E-state index in [2.05, 4.69) is 54.2 Å². The molecule has 0 amide bonds. The highest BCUT2D eigenvalue weighted by Crippen LogP contribution is 2.37. The first-order valence-electron chi connectivity index (χ1n) is 13.2. The van der Waals surface area contributed by atoms with Crippen molar-refractivity contribution in [3.63, 3.8) is 0 Å². The molecule has 2 aliphatic rings. The van der Waals surface area contributed by atoms with Gasteiger partial charge in [-0.3, -0.25) is 9.99 Å². The van der Waals surface area contributed by atoms with Crippen molar-refractivity contribution in [3.05, 3.63) is 98.9 Å². The second kappa shape index (κ2) is 12.2. The summed E-state index contributed by atoms with van der Waals surface area (Å²) < 4.78 is 13.8. The Morgan fingerprint density at radius 3 is 2.55 bits per heavy atom. The van der Waals surface area contributed by atoms with Crippen LogP contribution in [0.15, 0.2) is 66.8 Å². The van der Waals surface area contributed by atoms with Crippen LogP contribution in [0.25, 0.3) is 10.9 Å². The summed E-state index contributed by atoms with van der Waals surface area (Å²) in [4.78, 5) is 8.73. The number of aromatic nitrogens is 2. The Hall–Kier alpha value is -3.85. The van der Waals surface area contributed by atoms with Crippen LogP contribution in [-0.4, -0.2) is 34.1 Å². The third kappa shape index (κ3) is 5.88. The third-order valence-corrected chi connectivity index (χ3v) is 8.05. The van der Waals surface area contributed by atoms with Crippen LogP contribution in [0, 0.1) is 17.1 Å². The zero-order chi connectivity index (χ0) is 29.2. The summed E-state index contributed by atoms with van der Waals surface area (Å²) in [6.07, 6.45) is 7.26. The zero-order valence-corrected chi connectivity index (χ0v) is 24.3. The van der Waals surface area contributed by atoms with E-state index in [1.54, 1.807) is 24.4 Å². The molecular formula is C29H25Cl3FN9. The van der Waals surface area contributed by atoms with E-state index in [9.17, 15) is 9.65 Å². The SMILES string of the molecule is N#Cc1cnc2c(Cl)cc(N[C@H](C3=CN(C4CCNCC4)NN3)c3ccc(Cl)nc3)cc2c1Nc1ccc(F)c(Cl)c1. The molecule has 214 valence electrons. The second-order valence-electron chi connectivity index (χ2n) is 9.97. The number of rotatable bonds is 7. The number of halogens is 4. The number of fused-ring (bicyclic) bond motifs is 1. The van der Waals surface area contributed by atoms with E-state index >= 15 is 0 Å². The quantitative estimate of drug-likeness (QED) is 0.149.